The van der Waals surface area contributed by atoms with Gasteiger partial charge in [0.05, 0.1) is 12.8 Å². The highest BCUT2D eigenvalue weighted by Gasteiger charge is 2.26. The molecule has 36 heavy (non-hydrogen) atoms. The highest BCUT2D eigenvalue weighted by atomic mass is 32.2. The number of imidazole rings is 1. The number of aromatic nitrogens is 3. The number of methoxy groups -OCH3 is 1. The summed E-state index contributed by atoms with van der Waals surface area (Å²) in [5.41, 5.74) is 5.21. The first-order valence-corrected chi connectivity index (χ1v) is 13.3. The van der Waals surface area contributed by atoms with E-state index < -0.39 is 0 Å². The van der Waals surface area contributed by atoms with Gasteiger partial charge >= 0.3 is 0 Å². The maximum absolute atomic E-state index is 13.2. The van der Waals surface area contributed by atoms with Crippen molar-refractivity contribution < 1.29 is 9.53 Å². The minimum atomic E-state index is 0.117. The molecule has 1 amide bonds. The molecule has 0 bridgehead atoms. The van der Waals surface area contributed by atoms with Crippen LogP contribution >= 0.6 is 11.8 Å². The number of ether oxygens (including phenoxy) is 1. The van der Waals surface area contributed by atoms with E-state index in [1.165, 1.54) is 10.9 Å². The number of carbonyl (C=O) groups is 1. The Morgan fingerprint density at radius 3 is 2.72 bits per heavy atom. The van der Waals surface area contributed by atoms with Crippen LogP contribution in [0.15, 0.2) is 84.1 Å². The normalized spacial score (nSPS) is 14.5. The first kappa shape index (κ1) is 22.7. The van der Waals surface area contributed by atoms with Crippen LogP contribution in [0.1, 0.15) is 40.4 Å². The van der Waals surface area contributed by atoms with E-state index in [0.717, 1.165) is 64.8 Å². The van der Waals surface area contributed by atoms with Gasteiger partial charge in [0, 0.05) is 58.8 Å². The van der Waals surface area contributed by atoms with E-state index in [1.54, 1.807) is 18.9 Å². The summed E-state index contributed by atoms with van der Waals surface area (Å²) >= 11 is 1.73. The number of fused-ring (bicyclic) bond motifs is 2. The predicted molar refractivity (Wildman–Crippen MR) is 144 cm³/mol. The van der Waals surface area contributed by atoms with Gasteiger partial charge in [-0.25, -0.2) is 4.98 Å². The number of nitrogens with zero attached hydrogens (tertiary/aromatic N) is 3. The number of aromatic amines is 1. The van der Waals surface area contributed by atoms with Gasteiger partial charge < -0.3 is 19.0 Å². The summed E-state index contributed by atoms with van der Waals surface area (Å²) in [7, 11) is 1.70. The molecule has 1 N–H and O–H groups in total. The number of benzene rings is 2. The second-order valence-corrected chi connectivity index (χ2v) is 10.3. The molecule has 2 aromatic carbocycles. The summed E-state index contributed by atoms with van der Waals surface area (Å²) in [5, 5.41) is 1.22. The van der Waals surface area contributed by atoms with Crippen molar-refractivity contribution in [3.63, 3.8) is 0 Å². The van der Waals surface area contributed by atoms with Crippen molar-refractivity contribution in [2.75, 3.05) is 20.2 Å². The number of likely N-dealkylation sites (tertiary alicyclic amines) is 1. The van der Waals surface area contributed by atoms with Gasteiger partial charge in [-0.3, -0.25) is 4.79 Å². The van der Waals surface area contributed by atoms with E-state index in [0.29, 0.717) is 5.92 Å². The standard InChI is InChI=1S/C29H28N4O2S/c1-35-23-7-10-27-25(16-23)26(17-30-27)20-11-14-32(15-12-20)29(34)21-5-8-24(9-6-21)36-19-22-18-33-13-3-2-4-28(33)31-22/h2-10,13,16-18,20,30H,11-12,14-15,19H2,1H3. The van der Waals surface area contributed by atoms with Gasteiger partial charge in [0.2, 0.25) is 0 Å². The molecular weight excluding hydrogens is 468 g/mol. The second kappa shape index (κ2) is 9.74. The maximum Gasteiger partial charge on any atom is 0.253 e. The topological polar surface area (TPSA) is 62.6 Å². The Balaban J connectivity index is 1.06. The van der Waals surface area contributed by atoms with Crippen molar-refractivity contribution in [3.05, 3.63) is 96.1 Å². The lowest BCUT2D eigenvalue weighted by molar-refractivity contribution is 0.0713. The smallest absolute Gasteiger partial charge is 0.253 e. The van der Waals surface area contributed by atoms with Crippen LogP contribution in [0.3, 0.4) is 0 Å². The Morgan fingerprint density at radius 2 is 1.94 bits per heavy atom. The quantitative estimate of drug-likeness (QED) is 0.287. The van der Waals surface area contributed by atoms with Crippen LogP contribution in [0.25, 0.3) is 16.6 Å². The molecule has 1 fully saturated rings. The third-order valence-corrected chi connectivity index (χ3v) is 8.09. The maximum atomic E-state index is 13.2. The number of amides is 1. The first-order chi connectivity index (χ1) is 17.7. The van der Waals surface area contributed by atoms with Gasteiger partial charge in [-0.15, -0.1) is 11.8 Å². The first-order valence-electron chi connectivity index (χ1n) is 12.3. The molecule has 5 aromatic rings. The lowest BCUT2D eigenvalue weighted by Crippen LogP contribution is -2.37. The number of nitrogens with one attached hydrogen (secondary N) is 1. The van der Waals surface area contributed by atoms with Gasteiger partial charge in [-0.05, 0) is 78.9 Å². The molecule has 0 unspecified atom stereocenters. The highest BCUT2D eigenvalue weighted by Crippen LogP contribution is 2.35. The van der Waals surface area contributed by atoms with Crippen LogP contribution < -0.4 is 4.74 Å². The molecule has 7 heteroatoms. The van der Waals surface area contributed by atoms with Gasteiger partial charge in [-0.1, -0.05) is 6.07 Å². The van der Waals surface area contributed by atoms with Crippen molar-refractivity contribution in [2.24, 2.45) is 0 Å². The van der Waals surface area contributed by atoms with Gasteiger partial charge in [0.15, 0.2) is 0 Å². The zero-order valence-corrected chi connectivity index (χ0v) is 21.0. The fraction of sp³-hybridized carbons (Fsp3) is 0.241. The number of rotatable bonds is 6. The van der Waals surface area contributed by atoms with Gasteiger partial charge in [0.25, 0.3) is 5.91 Å². The molecule has 0 radical (unpaired) electrons. The minimum absolute atomic E-state index is 0.117. The average Bonchev–Trinajstić information content (AvgIpc) is 3.55. The lowest BCUT2D eigenvalue weighted by Gasteiger charge is -2.32. The Morgan fingerprint density at radius 1 is 1.11 bits per heavy atom. The molecule has 0 saturated carbocycles. The fourth-order valence-corrected chi connectivity index (χ4v) is 5.85. The third kappa shape index (κ3) is 4.46. The van der Waals surface area contributed by atoms with Crippen molar-refractivity contribution in [2.45, 2.75) is 29.4 Å². The van der Waals surface area contributed by atoms with Crippen LogP contribution in [0.4, 0.5) is 0 Å². The predicted octanol–water partition coefficient (Wildman–Crippen LogP) is 6.14. The van der Waals surface area contributed by atoms with Crippen molar-refractivity contribution in [3.8, 4) is 5.75 Å². The van der Waals surface area contributed by atoms with Gasteiger partial charge in [-0.2, -0.15) is 0 Å². The molecule has 6 rings (SSSR count). The molecule has 0 atom stereocenters. The molecule has 4 heterocycles. The largest absolute Gasteiger partial charge is 0.497 e. The number of H-pyrrole nitrogens is 1. The molecule has 6 nitrogen and oxygen atoms in total. The van der Waals surface area contributed by atoms with E-state index in [9.17, 15) is 4.79 Å². The number of piperidine rings is 1. The van der Waals surface area contributed by atoms with Crippen LogP contribution in [0.2, 0.25) is 0 Å². The summed E-state index contributed by atoms with van der Waals surface area (Å²) in [6.07, 6.45) is 8.12. The Hall–Kier alpha value is -3.71. The summed E-state index contributed by atoms with van der Waals surface area (Å²) in [6.45, 7) is 1.54. The Bertz CT molecular complexity index is 1480. The fourth-order valence-electron chi connectivity index (χ4n) is 5.07. The number of carbonyl (C=O) groups excluding carboxylic acids is 1. The van der Waals surface area contributed by atoms with Crippen LogP contribution in [-0.2, 0) is 5.75 Å². The van der Waals surface area contributed by atoms with E-state index in [-0.39, 0.29) is 5.91 Å². The minimum Gasteiger partial charge on any atom is -0.497 e. The summed E-state index contributed by atoms with van der Waals surface area (Å²) in [6, 6.07) is 20.1. The monoisotopic (exact) mass is 496 g/mol. The number of pyridine rings is 1. The number of thioether (sulfide) groups is 1. The van der Waals surface area contributed by atoms with Crippen molar-refractivity contribution in [1.82, 2.24) is 19.3 Å². The van der Waals surface area contributed by atoms with Crippen LogP contribution in [-0.4, -0.2) is 45.4 Å². The molecule has 1 aliphatic heterocycles. The second-order valence-electron chi connectivity index (χ2n) is 9.23. The molecule has 3 aromatic heterocycles. The molecule has 1 saturated heterocycles. The highest BCUT2D eigenvalue weighted by molar-refractivity contribution is 7.98. The van der Waals surface area contributed by atoms with Crippen molar-refractivity contribution >= 4 is 34.2 Å². The summed E-state index contributed by atoms with van der Waals surface area (Å²) in [5.74, 6) is 2.22. The zero-order chi connectivity index (χ0) is 24.5. The van der Waals surface area contributed by atoms with Crippen molar-refractivity contribution in [1.29, 1.82) is 0 Å². The summed E-state index contributed by atoms with van der Waals surface area (Å²) in [4.78, 5) is 24.3. The molecule has 182 valence electrons. The van der Waals surface area contributed by atoms with E-state index in [2.05, 4.69) is 34.5 Å². The average molecular weight is 497 g/mol. The van der Waals surface area contributed by atoms with E-state index in [4.69, 9.17) is 4.74 Å². The van der Waals surface area contributed by atoms with Crippen LogP contribution in [0, 0.1) is 0 Å². The molecule has 0 aliphatic carbocycles. The van der Waals surface area contributed by atoms with Crippen LogP contribution in [0.5, 0.6) is 5.75 Å². The number of hydrogen-bond donors (Lipinski definition) is 1. The van der Waals surface area contributed by atoms with Gasteiger partial charge in [0.1, 0.15) is 11.4 Å². The third-order valence-electron chi connectivity index (χ3n) is 7.04. The zero-order valence-electron chi connectivity index (χ0n) is 20.2. The summed E-state index contributed by atoms with van der Waals surface area (Å²) < 4.78 is 7.46. The lowest BCUT2D eigenvalue weighted by atomic mass is 9.89. The number of hydrogen-bond acceptors (Lipinski definition) is 4. The molecular formula is C29H28N4O2S. The molecule has 0 spiro atoms. The molecule has 1 aliphatic rings. The van der Waals surface area contributed by atoms with E-state index >= 15 is 0 Å². The SMILES string of the molecule is COc1ccc2[nH]cc(C3CCN(C(=O)c4ccc(SCc5cn6ccccc6n5)cc4)CC3)c2c1. The van der Waals surface area contributed by atoms with E-state index in [1.807, 2.05) is 64.0 Å². The Kier molecular flexibility index (Phi) is 6.15. The Labute approximate surface area is 214 Å².